The molecule has 0 fully saturated rings. The fraction of sp³-hybridized carbons (Fsp3) is 0.318. The Hall–Kier alpha value is -2.35. The molecule has 1 aliphatic rings. The van der Waals surface area contributed by atoms with Crippen LogP contribution in [0, 0.1) is 11.3 Å². The normalized spacial score (nSPS) is 21.3. The zero-order valence-corrected chi connectivity index (χ0v) is 14.8. The van der Waals surface area contributed by atoms with Crippen LogP contribution in [0.2, 0.25) is 0 Å². The Morgan fingerprint density at radius 1 is 1.04 bits per heavy atom. The molecule has 0 amide bonds. The SMILES string of the molecule is CC(C)CC1(Cc2ccccc2)/C(=C/C=N)N(C)c2ccccc21. The monoisotopic (exact) mass is 318 g/mol. The summed E-state index contributed by atoms with van der Waals surface area (Å²) in [5.41, 5.74) is 5.16. The number of para-hydroxylation sites is 1. The average molecular weight is 318 g/mol. The Morgan fingerprint density at radius 2 is 1.71 bits per heavy atom. The van der Waals surface area contributed by atoms with Crippen molar-refractivity contribution < 1.29 is 0 Å². The molecule has 2 heteroatoms. The van der Waals surface area contributed by atoms with Gasteiger partial charge in [-0.25, -0.2) is 0 Å². The summed E-state index contributed by atoms with van der Waals surface area (Å²) < 4.78 is 0. The molecule has 2 aromatic rings. The molecule has 1 unspecified atom stereocenters. The summed E-state index contributed by atoms with van der Waals surface area (Å²) in [6.45, 7) is 4.57. The lowest BCUT2D eigenvalue weighted by molar-refractivity contribution is 0.395. The van der Waals surface area contributed by atoms with Crippen LogP contribution >= 0.6 is 0 Å². The van der Waals surface area contributed by atoms with E-state index in [1.165, 1.54) is 28.7 Å². The molecule has 0 aliphatic carbocycles. The van der Waals surface area contributed by atoms with Gasteiger partial charge in [-0.3, -0.25) is 0 Å². The fourth-order valence-electron chi connectivity index (χ4n) is 4.22. The highest BCUT2D eigenvalue weighted by molar-refractivity contribution is 5.78. The lowest BCUT2D eigenvalue weighted by atomic mass is 9.69. The summed E-state index contributed by atoms with van der Waals surface area (Å²) >= 11 is 0. The number of hydrogen-bond acceptors (Lipinski definition) is 2. The van der Waals surface area contributed by atoms with E-state index in [0.717, 1.165) is 12.8 Å². The molecule has 2 aromatic carbocycles. The van der Waals surface area contributed by atoms with Gasteiger partial charge in [-0.15, -0.1) is 0 Å². The zero-order valence-electron chi connectivity index (χ0n) is 14.8. The van der Waals surface area contributed by atoms with Gasteiger partial charge >= 0.3 is 0 Å². The van der Waals surface area contributed by atoms with Crippen LogP contribution in [0.1, 0.15) is 31.4 Å². The van der Waals surface area contributed by atoms with Gasteiger partial charge in [0.2, 0.25) is 0 Å². The van der Waals surface area contributed by atoms with E-state index in [1.54, 1.807) is 0 Å². The third-order valence-electron chi connectivity index (χ3n) is 4.98. The van der Waals surface area contributed by atoms with E-state index in [0.29, 0.717) is 5.92 Å². The molecular formula is C22H26N2. The number of rotatable bonds is 5. The topological polar surface area (TPSA) is 27.1 Å². The van der Waals surface area contributed by atoms with Gasteiger partial charge in [-0.2, -0.15) is 0 Å². The van der Waals surface area contributed by atoms with Gasteiger partial charge in [-0.05, 0) is 42.0 Å². The largest absolute Gasteiger partial charge is 0.347 e. The fourth-order valence-corrected chi connectivity index (χ4v) is 4.22. The van der Waals surface area contributed by atoms with Crippen LogP contribution < -0.4 is 4.90 Å². The Balaban J connectivity index is 2.20. The summed E-state index contributed by atoms with van der Waals surface area (Å²) in [6, 6.07) is 19.4. The molecule has 0 saturated heterocycles. The van der Waals surface area contributed by atoms with Gasteiger partial charge in [0.05, 0.1) is 0 Å². The van der Waals surface area contributed by atoms with E-state index in [2.05, 4.69) is 80.4 Å². The first-order valence-electron chi connectivity index (χ1n) is 8.67. The summed E-state index contributed by atoms with van der Waals surface area (Å²) in [5, 5.41) is 7.68. The van der Waals surface area contributed by atoms with Crippen molar-refractivity contribution in [3.05, 3.63) is 77.5 Å². The van der Waals surface area contributed by atoms with Crippen molar-refractivity contribution >= 4 is 11.9 Å². The molecule has 0 bridgehead atoms. The van der Waals surface area contributed by atoms with Crippen molar-refractivity contribution in [3.63, 3.8) is 0 Å². The minimum absolute atomic E-state index is 0.0710. The molecule has 0 spiro atoms. The van der Waals surface area contributed by atoms with Crippen LogP contribution in [0.15, 0.2) is 66.4 Å². The van der Waals surface area contributed by atoms with Crippen LogP contribution in [0.4, 0.5) is 5.69 Å². The smallest absolute Gasteiger partial charge is 0.0448 e. The number of hydrogen-bond donors (Lipinski definition) is 1. The highest BCUT2D eigenvalue weighted by Gasteiger charge is 2.45. The maximum atomic E-state index is 7.68. The molecule has 0 radical (unpaired) electrons. The van der Waals surface area contributed by atoms with Crippen molar-refractivity contribution in [2.45, 2.75) is 32.1 Å². The predicted octanol–water partition coefficient (Wildman–Crippen LogP) is 5.20. The summed E-state index contributed by atoms with van der Waals surface area (Å²) in [6.07, 6.45) is 5.44. The van der Waals surface area contributed by atoms with Crippen LogP contribution in [0.3, 0.4) is 0 Å². The summed E-state index contributed by atoms with van der Waals surface area (Å²) in [5.74, 6) is 0.572. The van der Waals surface area contributed by atoms with Crippen LogP contribution in [-0.4, -0.2) is 13.3 Å². The second-order valence-electron chi connectivity index (χ2n) is 7.14. The standard InChI is InChI=1S/C22H26N2/c1-17(2)15-22(16-18-9-5-4-6-10-18)19-11-7-8-12-20(19)24(3)21(22)13-14-23/h4-14,17,23H,15-16H2,1-3H3/b21-13-,23-14?. The minimum Gasteiger partial charge on any atom is -0.347 e. The van der Waals surface area contributed by atoms with Gasteiger partial charge in [0.25, 0.3) is 0 Å². The quantitative estimate of drug-likeness (QED) is 0.754. The van der Waals surface area contributed by atoms with E-state index >= 15 is 0 Å². The number of anilines is 1. The summed E-state index contributed by atoms with van der Waals surface area (Å²) in [4.78, 5) is 2.27. The molecule has 1 aliphatic heterocycles. The molecule has 1 N–H and O–H groups in total. The number of likely N-dealkylation sites (N-methyl/N-ethyl adjacent to an activating group) is 1. The van der Waals surface area contributed by atoms with Crippen LogP contribution in [0.5, 0.6) is 0 Å². The number of nitrogens with zero attached hydrogens (tertiary/aromatic N) is 1. The van der Waals surface area contributed by atoms with Crippen LogP contribution in [-0.2, 0) is 11.8 Å². The molecule has 124 valence electrons. The highest BCUT2D eigenvalue weighted by atomic mass is 15.2. The molecule has 2 nitrogen and oxygen atoms in total. The van der Waals surface area contributed by atoms with E-state index < -0.39 is 0 Å². The second-order valence-corrected chi connectivity index (χ2v) is 7.14. The Labute approximate surface area is 145 Å². The first kappa shape index (κ1) is 16.5. The third kappa shape index (κ3) is 2.77. The van der Waals surface area contributed by atoms with Crippen molar-refractivity contribution in [2.75, 3.05) is 11.9 Å². The second kappa shape index (κ2) is 6.64. The van der Waals surface area contributed by atoms with Crippen molar-refractivity contribution in [2.24, 2.45) is 5.92 Å². The van der Waals surface area contributed by atoms with Gasteiger partial charge < -0.3 is 10.3 Å². The van der Waals surface area contributed by atoms with Crippen LogP contribution in [0.25, 0.3) is 0 Å². The van der Waals surface area contributed by atoms with Gasteiger partial charge in [0, 0.05) is 30.1 Å². The number of nitrogens with one attached hydrogen (secondary N) is 1. The zero-order chi connectivity index (χ0) is 17.2. The van der Waals surface area contributed by atoms with E-state index in [1.807, 2.05) is 6.08 Å². The highest BCUT2D eigenvalue weighted by Crippen LogP contribution is 2.52. The van der Waals surface area contributed by atoms with Crippen molar-refractivity contribution in [1.82, 2.24) is 0 Å². The Kier molecular flexibility index (Phi) is 4.57. The molecule has 0 saturated carbocycles. The summed E-state index contributed by atoms with van der Waals surface area (Å²) in [7, 11) is 2.13. The first-order valence-corrected chi connectivity index (χ1v) is 8.67. The average Bonchev–Trinajstić information content (AvgIpc) is 2.79. The maximum Gasteiger partial charge on any atom is 0.0448 e. The Morgan fingerprint density at radius 3 is 2.38 bits per heavy atom. The molecule has 24 heavy (non-hydrogen) atoms. The molecule has 1 heterocycles. The molecular weight excluding hydrogens is 292 g/mol. The lowest BCUT2D eigenvalue weighted by Crippen LogP contribution is -2.33. The third-order valence-corrected chi connectivity index (χ3v) is 4.98. The van der Waals surface area contributed by atoms with Crippen molar-refractivity contribution in [1.29, 1.82) is 5.41 Å². The Bertz CT molecular complexity index is 746. The molecule has 0 aromatic heterocycles. The first-order chi connectivity index (χ1) is 11.6. The number of fused-ring (bicyclic) bond motifs is 1. The lowest BCUT2D eigenvalue weighted by Gasteiger charge is -2.35. The van der Waals surface area contributed by atoms with E-state index in [4.69, 9.17) is 5.41 Å². The number of benzene rings is 2. The van der Waals surface area contributed by atoms with Gasteiger partial charge in [-0.1, -0.05) is 62.4 Å². The predicted molar refractivity (Wildman–Crippen MR) is 103 cm³/mol. The van der Waals surface area contributed by atoms with E-state index in [9.17, 15) is 0 Å². The minimum atomic E-state index is -0.0710. The number of allylic oxidation sites excluding steroid dienone is 2. The van der Waals surface area contributed by atoms with E-state index in [-0.39, 0.29) is 5.41 Å². The van der Waals surface area contributed by atoms with Gasteiger partial charge in [0.1, 0.15) is 0 Å². The van der Waals surface area contributed by atoms with Gasteiger partial charge in [0.15, 0.2) is 0 Å². The van der Waals surface area contributed by atoms with Crippen molar-refractivity contribution in [3.8, 4) is 0 Å². The molecule has 1 atom stereocenters. The maximum absolute atomic E-state index is 7.68. The molecule has 3 rings (SSSR count).